The predicted molar refractivity (Wildman–Crippen MR) is 133 cm³/mol. The maximum Gasteiger partial charge on any atom is 0.257 e. The molecule has 0 bridgehead atoms. The molecule has 0 unspecified atom stereocenters. The molecule has 0 aliphatic heterocycles. The van der Waals surface area contributed by atoms with Gasteiger partial charge in [0.2, 0.25) is 0 Å². The number of amides is 1. The third-order valence-electron chi connectivity index (χ3n) is 5.84. The number of nitrogens with two attached hydrogens (primary N) is 1. The van der Waals surface area contributed by atoms with Gasteiger partial charge in [0.1, 0.15) is 16.9 Å². The Labute approximate surface area is 192 Å². The number of carbonyl (C=O) groups excluding carboxylic acids is 1. The van der Waals surface area contributed by atoms with Crippen LogP contribution in [0.3, 0.4) is 0 Å². The number of hydrogen-bond acceptors (Lipinski definition) is 4. The Morgan fingerprint density at radius 3 is 2.18 bits per heavy atom. The van der Waals surface area contributed by atoms with Gasteiger partial charge in [-0.3, -0.25) is 9.36 Å². The molecule has 3 N–H and O–H groups in total. The van der Waals surface area contributed by atoms with Gasteiger partial charge in [-0.05, 0) is 61.7 Å². The van der Waals surface area contributed by atoms with Gasteiger partial charge < -0.3 is 11.1 Å². The third-order valence-corrected chi connectivity index (χ3v) is 5.84. The minimum absolute atomic E-state index is 0.189. The standard InChI is InChI=1S/C27H25N5O/c1-16-13-17(2)15-20(14-16)32-25(28)23(27(33)29-18(3)19-9-5-4-6-10-19)24-26(32)31-22-12-8-7-11-21(22)30-24/h4-15,18H,28H2,1-3H3,(H,29,33)/t18-/m0/s1. The summed E-state index contributed by atoms with van der Waals surface area (Å²) < 4.78 is 1.83. The van der Waals surface area contributed by atoms with Crippen molar-refractivity contribution in [1.82, 2.24) is 19.9 Å². The monoisotopic (exact) mass is 435 g/mol. The zero-order valence-electron chi connectivity index (χ0n) is 18.8. The van der Waals surface area contributed by atoms with E-state index in [1.807, 2.05) is 92.1 Å². The second-order valence-corrected chi connectivity index (χ2v) is 8.43. The van der Waals surface area contributed by atoms with Gasteiger partial charge in [-0.25, -0.2) is 9.97 Å². The van der Waals surface area contributed by atoms with E-state index in [4.69, 9.17) is 15.7 Å². The number of anilines is 1. The lowest BCUT2D eigenvalue weighted by molar-refractivity contribution is 0.0942. The van der Waals surface area contributed by atoms with Gasteiger partial charge in [0.15, 0.2) is 5.65 Å². The summed E-state index contributed by atoms with van der Waals surface area (Å²) in [6.45, 7) is 6.02. The number of nitrogen functional groups attached to an aromatic ring is 1. The number of fused-ring (bicyclic) bond motifs is 2. The van der Waals surface area contributed by atoms with E-state index in [1.54, 1.807) is 0 Å². The molecule has 33 heavy (non-hydrogen) atoms. The molecule has 0 aliphatic rings. The zero-order valence-corrected chi connectivity index (χ0v) is 18.8. The highest BCUT2D eigenvalue weighted by atomic mass is 16.1. The molecule has 2 heterocycles. The van der Waals surface area contributed by atoms with Gasteiger partial charge in [0.05, 0.1) is 17.1 Å². The van der Waals surface area contributed by atoms with Crippen molar-refractivity contribution in [1.29, 1.82) is 0 Å². The molecule has 2 aromatic heterocycles. The molecule has 3 aromatic carbocycles. The molecule has 0 spiro atoms. The largest absolute Gasteiger partial charge is 0.384 e. The van der Waals surface area contributed by atoms with E-state index in [1.165, 1.54) is 0 Å². The van der Waals surface area contributed by atoms with Crippen LogP contribution in [0.1, 0.15) is 40.0 Å². The first-order chi connectivity index (χ1) is 15.9. The van der Waals surface area contributed by atoms with Crippen LogP contribution < -0.4 is 11.1 Å². The fourth-order valence-electron chi connectivity index (χ4n) is 4.32. The average Bonchev–Trinajstić information content (AvgIpc) is 3.08. The van der Waals surface area contributed by atoms with Crippen molar-refractivity contribution < 1.29 is 4.79 Å². The number of nitrogens with one attached hydrogen (secondary N) is 1. The number of aromatic nitrogens is 3. The van der Waals surface area contributed by atoms with Crippen LogP contribution in [0.25, 0.3) is 27.9 Å². The average molecular weight is 436 g/mol. The van der Waals surface area contributed by atoms with Crippen LogP contribution in [0.2, 0.25) is 0 Å². The van der Waals surface area contributed by atoms with Gasteiger partial charge >= 0.3 is 0 Å². The van der Waals surface area contributed by atoms with Crippen LogP contribution in [-0.2, 0) is 0 Å². The number of carbonyl (C=O) groups is 1. The van der Waals surface area contributed by atoms with Crippen molar-refractivity contribution in [3.8, 4) is 5.69 Å². The minimum Gasteiger partial charge on any atom is -0.384 e. The molecule has 6 nitrogen and oxygen atoms in total. The summed E-state index contributed by atoms with van der Waals surface area (Å²) in [6.07, 6.45) is 0. The van der Waals surface area contributed by atoms with Gasteiger partial charge in [0.25, 0.3) is 5.91 Å². The molecule has 0 aliphatic carbocycles. The lowest BCUT2D eigenvalue weighted by atomic mass is 10.1. The zero-order chi connectivity index (χ0) is 23.1. The maximum absolute atomic E-state index is 13.5. The summed E-state index contributed by atoms with van der Waals surface area (Å²) in [6, 6.07) is 23.4. The molecule has 1 atom stereocenters. The van der Waals surface area contributed by atoms with Crippen molar-refractivity contribution in [3.05, 3.63) is 95.1 Å². The number of nitrogens with zero attached hydrogens (tertiary/aromatic N) is 3. The van der Waals surface area contributed by atoms with Crippen LogP contribution in [0.15, 0.2) is 72.8 Å². The van der Waals surface area contributed by atoms with Crippen molar-refractivity contribution in [2.45, 2.75) is 26.8 Å². The Morgan fingerprint density at radius 2 is 1.52 bits per heavy atom. The minimum atomic E-state index is -0.276. The Bertz CT molecular complexity index is 1480. The smallest absolute Gasteiger partial charge is 0.257 e. The summed E-state index contributed by atoms with van der Waals surface area (Å²) in [4.78, 5) is 23.2. The highest BCUT2D eigenvalue weighted by Gasteiger charge is 2.26. The first kappa shape index (κ1) is 20.7. The Hall–Kier alpha value is -4.19. The molecular weight excluding hydrogens is 410 g/mol. The molecule has 0 saturated carbocycles. The number of para-hydroxylation sites is 2. The lowest BCUT2D eigenvalue weighted by Crippen LogP contribution is -2.27. The molecule has 0 saturated heterocycles. The predicted octanol–water partition coefficient (Wildman–Crippen LogP) is 5.26. The summed E-state index contributed by atoms with van der Waals surface area (Å²) in [5, 5.41) is 3.08. The van der Waals surface area contributed by atoms with E-state index < -0.39 is 0 Å². The van der Waals surface area contributed by atoms with Gasteiger partial charge in [0, 0.05) is 5.69 Å². The van der Waals surface area contributed by atoms with Crippen molar-refractivity contribution in [2.24, 2.45) is 0 Å². The van der Waals surface area contributed by atoms with Gasteiger partial charge in [-0.2, -0.15) is 0 Å². The Morgan fingerprint density at radius 1 is 0.909 bits per heavy atom. The van der Waals surface area contributed by atoms with Crippen LogP contribution in [0.5, 0.6) is 0 Å². The van der Waals surface area contributed by atoms with E-state index in [0.717, 1.165) is 27.9 Å². The molecule has 164 valence electrons. The topological polar surface area (TPSA) is 85.8 Å². The summed E-state index contributed by atoms with van der Waals surface area (Å²) in [7, 11) is 0. The summed E-state index contributed by atoms with van der Waals surface area (Å²) in [5.41, 5.74) is 13.6. The first-order valence-corrected chi connectivity index (χ1v) is 10.9. The fraction of sp³-hybridized carbons (Fsp3) is 0.148. The van der Waals surface area contributed by atoms with Gasteiger partial charge in [-0.1, -0.05) is 48.5 Å². The first-order valence-electron chi connectivity index (χ1n) is 10.9. The second-order valence-electron chi connectivity index (χ2n) is 8.43. The van der Waals surface area contributed by atoms with Gasteiger partial charge in [-0.15, -0.1) is 0 Å². The van der Waals surface area contributed by atoms with Crippen LogP contribution >= 0.6 is 0 Å². The van der Waals surface area contributed by atoms with E-state index >= 15 is 0 Å². The summed E-state index contributed by atoms with van der Waals surface area (Å²) >= 11 is 0. The normalized spacial score (nSPS) is 12.2. The van der Waals surface area contributed by atoms with Crippen LogP contribution in [0, 0.1) is 13.8 Å². The van der Waals surface area contributed by atoms with Crippen molar-refractivity contribution in [3.63, 3.8) is 0 Å². The van der Waals surface area contributed by atoms with Crippen LogP contribution in [0.4, 0.5) is 5.82 Å². The third kappa shape index (κ3) is 3.69. The lowest BCUT2D eigenvalue weighted by Gasteiger charge is -2.14. The van der Waals surface area contributed by atoms with E-state index in [9.17, 15) is 4.79 Å². The maximum atomic E-state index is 13.5. The SMILES string of the molecule is Cc1cc(C)cc(-n2c(N)c(C(=O)N[C@@H](C)c3ccccc3)c3nc4ccccc4nc32)c1. The van der Waals surface area contributed by atoms with E-state index in [-0.39, 0.29) is 11.9 Å². The molecule has 6 heteroatoms. The van der Waals surface area contributed by atoms with Crippen LogP contribution in [-0.4, -0.2) is 20.4 Å². The Kier molecular flexibility index (Phi) is 5.05. The summed E-state index contributed by atoms with van der Waals surface area (Å²) in [5.74, 6) is 0.0460. The molecule has 0 fully saturated rings. The van der Waals surface area contributed by atoms with Crippen molar-refractivity contribution >= 4 is 33.9 Å². The molecule has 5 rings (SSSR count). The Balaban J connectivity index is 1.72. The fourth-order valence-corrected chi connectivity index (χ4v) is 4.32. The molecule has 5 aromatic rings. The second kappa shape index (κ2) is 8.06. The molecule has 1 amide bonds. The van der Waals surface area contributed by atoms with E-state index in [0.29, 0.717) is 28.1 Å². The number of aryl methyl sites for hydroxylation is 2. The van der Waals surface area contributed by atoms with Crippen molar-refractivity contribution in [2.75, 3.05) is 5.73 Å². The molecule has 0 radical (unpaired) electrons. The highest BCUT2D eigenvalue weighted by molar-refractivity contribution is 6.11. The number of benzene rings is 3. The number of rotatable bonds is 4. The number of hydrogen-bond donors (Lipinski definition) is 2. The molecular formula is C27H25N5O. The highest BCUT2D eigenvalue weighted by Crippen LogP contribution is 2.32. The van der Waals surface area contributed by atoms with E-state index in [2.05, 4.69) is 11.4 Å². The quantitative estimate of drug-likeness (QED) is 0.403.